The van der Waals surface area contributed by atoms with Gasteiger partial charge in [-0.05, 0) is 19.8 Å². The Morgan fingerprint density at radius 1 is 1.10 bits per heavy atom. The summed E-state index contributed by atoms with van der Waals surface area (Å²) >= 11 is 0. The Hall–Kier alpha value is -0.910. The summed E-state index contributed by atoms with van der Waals surface area (Å²) in [6.45, 7) is 2.32. The van der Waals surface area contributed by atoms with Gasteiger partial charge in [-0.3, -0.25) is 0 Å². The highest BCUT2D eigenvalue weighted by Crippen LogP contribution is 2.16. The lowest BCUT2D eigenvalue weighted by Crippen LogP contribution is -2.39. The number of ether oxygens (including phenoxy) is 1. The van der Waals surface area contributed by atoms with Gasteiger partial charge in [0.2, 0.25) is 0 Å². The summed E-state index contributed by atoms with van der Waals surface area (Å²) in [5.41, 5.74) is -0.652. The monoisotopic (exact) mass is 288 g/mol. The molecule has 0 bridgehead atoms. The van der Waals surface area contributed by atoms with Crippen molar-refractivity contribution in [3.05, 3.63) is 11.6 Å². The third-order valence-electron chi connectivity index (χ3n) is 3.35. The molecule has 0 heterocycles. The summed E-state index contributed by atoms with van der Waals surface area (Å²) in [5.74, 6) is -0.472. The summed E-state index contributed by atoms with van der Waals surface area (Å²) in [4.78, 5) is 11.7. The first kappa shape index (κ1) is 19.1. The zero-order chi connectivity index (χ0) is 15.4. The van der Waals surface area contributed by atoms with E-state index >= 15 is 0 Å². The van der Waals surface area contributed by atoms with Crippen LogP contribution in [0.4, 0.5) is 0 Å². The number of carbonyl (C=O) groups excluding carboxylic acids is 1. The first-order chi connectivity index (χ1) is 9.55. The van der Waals surface area contributed by atoms with Crippen molar-refractivity contribution in [2.75, 3.05) is 26.4 Å². The average Bonchev–Trinajstić information content (AvgIpc) is 2.48. The molecule has 0 atom stereocenters. The molecule has 0 unspecified atom stereocenters. The van der Waals surface area contributed by atoms with Crippen LogP contribution >= 0.6 is 0 Å². The molecule has 0 radical (unpaired) electrons. The van der Waals surface area contributed by atoms with Crippen LogP contribution in [0.1, 0.15) is 46.0 Å². The van der Waals surface area contributed by atoms with Crippen LogP contribution < -0.4 is 0 Å². The van der Waals surface area contributed by atoms with Gasteiger partial charge >= 0.3 is 5.97 Å². The van der Waals surface area contributed by atoms with Crippen molar-refractivity contribution in [3.8, 4) is 0 Å². The number of hydrogen-bond donors (Lipinski definition) is 3. The zero-order valence-electron chi connectivity index (χ0n) is 12.6. The molecular weight excluding hydrogens is 260 g/mol. The third kappa shape index (κ3) is 7.03. The van der Waals surface area contributed by atoms with E-state index in [1.807, 2.05) is 6.08 Å². The lowest BCUT2D eigenvalue weighted by molar-refractivity contribution is -0.146. The summed E-state index contributed by atoms with van der Waals surface area (Å²) in [6.07, 6.45) is 7.26. The first-order valence-electron chi connectivity index (χ1n) is 7.21. The molecule has 118 valence electrons. The molecule has 0 aromatic carbocycles. The summed E-state index contributed by atoms with van der Waals surface area (Å²) in [5, 5.41) is 27.4. The van der Waals surface area contributed by atoms with E-state index in [0.29, 0.717) is 5.57 Å². The standard InChI is InChI=1S/C15H28O5/c1-3-4-5-6-7-8-13(2)14(19)20-12-15(9-16,10-17)11-18/h8,16-18H,3-7,9-12H2,1-2H3. The maximum atomic E-state index is 11.7. The van der Waals surface area contributed by atoms with Gasteiger partial charge in [0, 0.05) is 5.57 Å². The molecule has 0 fully saturated rings. The fourth-order valence-corrected chi connectivity index (χ4v) is 1.59. The van der Waals surface area contributed by atoms with Crippen LogP contribution in [0.2, 0.25) is 0 Å². The quantitative estimate of drug-likeness (QED) is 0.304. The smallest absolute Gasteiger partial charge is 0.333 e. The molecule has 0 aliphatic rings. The highest BCUT2D eigenvalue weighted by atomic mass is 16.5. The summed E-state index contributed by atoms with van der Waals surface area (Å²) in [6, 6.07) is 0. The number of aliphatic hydroxyl groups excluding tert-OH is 3. The number of allylic oxidation sites excluding steroid dienone is 1. The highest BCUT2D eigenvalue weighted by molar-refractivity contribution is 5.87. The van der Waals surface area contributed by atoms with E-state index in [1.165, 1.54) is 12.8 Å². The Labute approximate surface area is 121 Å². The van der Waals surface area contributed by atoms with Crippen LogP contribution in [-0.4, -0.2) is 47.7 Å². The number of unbranched alkanes of at least 4 members (excludes halogenated alkanes) is 4. The second-order valence-electron chi connectivity index (χ2n) is 5.29. The second-order valence-corrected chi connectivity index (χ2v) is 5.29. The Morgan fingerprint density at radius 2 is 1.70 bits per heavy atom. The predicted octanol–water partition coefficient (Wildman–Crippen LogP) is 1.41. The molecule has 0 aromatic heterocycles. The number of aliphatic hydroxyl groups is 3. The molecule has 5 nitrogen and oxygen atoms in total. The van der Waals surface area contributed by atoms with E-state index in [2.05, 4.69) is 6.92 Å². The Bertz CT molecular complexity index is 286. The van der Waals surface area contributed by atoms with Crippen LogP contribution in [0.15, 0.2) is 11.6 Å². The maximum absolute atomic E-state index is 11.7. The minimum absolute atomic E-state index is 0.198. The van der Waals surface area contributed by atoms with Crippen LogP contribution in [-0.2, 0) is 9.53 Å². The minimum Gasteiger partial charge on any atom is -0.461 e. The molecule has 0 amide bonds. The topological polar surface area (TPSA) is 87.0 Å². The van der Waals surface area contributed by atoms with Crippen molar-refractivity contribution in [2.24, 2.45) is 5.41 Å². The van der Waals surface area contributed by atoms with Gasteiger partial charge in [-0.1, -0.05) is 32.3 Å². The average molecular weight is 288 g/mol. The molecule has 0 saturated heterocycles. The zero-order valence-corrected chi connectivity index (χ0v) is 12.6. The number of hydrogen-bond acceptors (Lipinski definition) is 5. The van der Waals surface area contributed by atoms with E-state index in [4.69, 9.17) is 20.1 Å². The SMILES string of the molecule is CCCCCCC=C(C)C(=O)OCC(CO)(CO)CO. The predicted molar refractivity (Wildman–Crippen MR) is 77.2 cm³/mol. The molecule has 3 N–H and O–H groups in total. The highest BCUT2D eigenvalue weighted by Gasteiger charge is 2.30. The number of carbonyl (C=O) groups is 1. The molecule has 0 spiro atoms. The fourth-order valence-electron chi connectivity index (χ4n) is 1.59. The van der Waals surface area contributed by atoms with Gasteiger partial charge in [-0.2, -0.15) is 0 Å². The van der Waals surface area contributed by atoms with Gasteiger partial charge in [0.25, 0.3) is 0 Å². The molecule has 0 rings (SSSR count). The maximum Gasteiger partial charge on any atom is 0.333 e. The van der Waals surface area contributed by atoms with Crippen molar-refractivity contribution < 1.29 is 24.9 Å². The van der Waals surface area contributed by atoms with Crippen molar-refractivity contribution in [3.63, 3.8) is 0 Å². The van der Waals surface area contributed by atoms with Gasteiger partial charge in [-0.15, -0.1) is 0 Å². The Morgan fingerprint density at radius 3 is 2.20 bits per heavy atom. The number of rotatable bonds is 11. The van der Waals surface area contributed by atoms with Gasteiger partial charge < -0.3 is 20.1 Å². The van der Waals surface area contributed by atoms with Crippen LogP contribution in [0, 0.1) is 5.41 Å². The van der Waals surface area contributed by atoms with Crippen LogP contribution in [0.25, 0.3) is 0 Å². The largest absolute Gasteiger partial charge is 0.461 e. The normalized spacial score (nSPS) is 12.6. The van der Waals surface area contributed by atoms with Crippen molar-refractivity contribution in [1.82, 2.24) is 0 Å². The molecular formula is C15H28O5. The molecule has 0 aromatic rings. The van der Waals surface area contributed by atoms with E-state index in [0.717, 1.165) is 19.3 Å². The molecule has 0 aliphatic carbocycles. The van der Waals surface area contributed by atoms with Gasteiger partial charge in [0.1, 0.15) is 6.61 Å². The summed E-state index contributed by atoms with van der Waals surface area (Å²) in [7, 11) is 0. The fraction of sp³-hybridized carbons (Fsp3) is 0.800. The molecule has 0 aliphatic heterocycles. The van der Waals surface area contributed by atoms with Crippen molar-refractivity contribution >= 4 is 5.97 Å². The van der Waals surface area contributed by atoms with E-state index < -0.39 is 31.2 Å². The minimum atomic E-state index is -1.17. The lowest BCUT2D eigenvalue weighted by atomic mass is 9.92. The lowest BCUT2D eigenvalue weighted by Gasteiger charge is -2.26. The Balaban J connectivity index is 4.15. The second kappa shape index (κ2) is 10.8. The van der Waals surface area contributed by atoms with Gasteiger partial charge in [0.15, 0.2) is 0 Å². The van der Waals surface area contributed by atoms with E-state index in [-0.39, 0.29) is 6.61 Å². The Kier molecular flexibility index (Phi) is 10.3. The van der Waals surface area contributed by atoms with Crippen LogP contribution in [0.3, 0.4) is 0 Å². The first-order valence-corrected chi connectivity index (χ1v) is 7.21. The van der Waals surface area contributed by atoms with Crippen molar-refractivity contribution in [1.29, 1.82) is 0 Å². The molecule has 5 heteroatoms. The third-order valence-corrected chi connectivity index (χ3v) is 3.35. The molecule has 20 heavy (non-hydrogen) atoms. The van der Waals surface area contributed by atoms with Crippen molar-refractivity contribution in [2.45, 2.75) is 46.0 Å². The van der Waals surface area contributed by atoms with E-state index in [9.17, 15) is 4.79 Å². The van der Waals surface area contributed by atoms with Gasteiger partial charge in [-0.25, -0.2) is 4.79 Å². The number of esters is 1. The van der Waals surface area contributed by atoms with Crippen LogP contribution in [0.5, 0.6) is 0 Å². The summed E-state index contributed by atoms with van der Waals surface area (Å²) < 4.78 is 5.03. The van der Waals surface area contributed by atoms with Gasteiger partial charge in [0.05, 0.1) is 25.2 Å². The molecule has 0 saturated carbocycles. The van der Waals surface area contributed by atoms with E-state index in [1.54, 1.807) is 6.92 Å².